The van der Waals surface area contributed by atoms with E-state index in [1.54, 1.807) is 38.1 Å². The molecule has 3 aliphatic heterocycles. The molecule has 0 aliphatic carbocycles. The van der Waals surface area contributed by atoms with Gasteiger partial charge in [-0.05, 0) is 45.2 Å². The van der Waals surface area contributed by atoms with Crippen LogP contribution in [0.2, 0.25) is 0 Å². The molecule has 0 saturated carbocycles. The average Bonchev–Trinajstić information content (AvgIpc) is 3.27. The zero-order valence-electron chi connectivity index (χ0n) is 19.5. The summed E-state index contributed by atoms with van der Waals surface area (Å²) in [5.74, 6) is -1.39. The van der Waals surface area contributed by atoms with Gasteiger partial charge in [-0.25, -0.2) is 0 Å². The summed E-state index contributed by atoms with van der Waals surface area (Å²) in [6.07, 6.45) is -0.795. The minimum Gasteiger partial charge on any atom is -0.457 e. The Labute approximate surface area is 194 Å². The van der Waals surface area contributed by atoms with Crippen LogP contribution in [-0.4, -0.2) is 68.6 Å². The lowest BCUT2D eigenvalue weighted by Gasteiger charge is -2.35. The summed E-state index contributed by atoms with van der Waals surface area (Å²) in [5.41, 5.74) is -0.791. The molecule has 3 heterocycles. The molecular formula is C23H33O9P. The number of hydrogen-bond donors (Lipinski definition) is 0. The third-order valence-electron chi connectivity index (χ3n) is 6.12. The summed E-state index contributed by atoms with van der Waals surface area (Å²) in [6.45, 7) is 5.49. The molecule has 0 radical (unpaired) electrons. The summed E-state index contributed by atoms with van der Waals surface area (Å²) in [5, 5.41) is 0.523. The minimum absolute atomic E-state index is 0.0238. The van der Waals surface area contributed by atoms with Crippen molar-refractivity contribution in [2.75, 3.05) is 20.3 Å². The van der Waals surface area contributed by atoms with Crippen LogP contribution < -0.4 is 5.30 Å². The zero-order valence-corrected chi connectivity index (χ0v) is 20.4. The molecule has 0 amide bonds. The molecule has 1 aromatic carbocycles. The molecule has 0 aromatic heterocycles. The first-order valence-corrected chi connectivity index (χ1v) is 13.1. The van der Waals surface area contributed by atoms with E-state index < -0.39 is 55.7 Å². The summed E-state index contributed by atoms with van der Waals surface area (Å²) in [7, 11) is -2.13. The van der Waals surface area contributed by atoms with Crippen molar-refractivity contribution < 1.29 is 42.3 Å². The van der Waals surface area contributed by atoms with Crippen LogP contribution in [0.25, 0.3) is 0 Å². The number of benzene rings is 1. The molecule has 3 saturated heterocycles. The van der Waals surface area contributed by atoms with Crippen molar-refractivity contribution in [2.24, 2.45) is 0 Å². The highest BCUT2D eigenvalue weighted by Gasteiger charge is 2.61. The van der Waals surface area contributed by atoms with Crippen molar-refractivity contribution in [1.82, 2.24) is 0 Å². The maximum Gasteiger partial charge on any atom is 0.303 e. The normalized spacial score (nSPS) is 33.8. The summed E-state index contributed by atoms with van der Waals surface area (Å²) in [6, 6.07) is 8.94. The third-order valence-corrected chi connectivity index (χ3v) is 9.00. The third kappa shape index (κ3) is 5.35. The molecule has 4 rings (SSSR count). The van der Waals surface area contributed by atoms with Crippen LogP contribution in [0.5, 0.6) is 0 Å². The topological polar surface area (TPSA) is 98.8 Å². The van der Waals surface area contributed by atoms with Gasteiger partial charge in [0.15, 0.2) is 30.6 Å². The Balaban J connectivity index is 1.66. The molecule has 2 unspecified atom stereocenters. The predicted molar refractivity (Wildman–Crippen MR) is 118 cm³/mol. The zero-order chi connectivity index (χ0) is 23.6. The fraction of sp³-hybridized carbons (Fsp3) is 0.696. The van der Waals surface area contributed by atoms with Gasteiger partial charge >= 0.3 is 5.97 Å². The molecular weight excluding hydrogens is 451 g/mol. The fourth-order valence-corrected chi connectivity index (χ4v) is 7.00. The van der Waals surface area contributed by atoms with E-state index >= 15 is 0 Å². The van der Waals surface area contributed by atoms with E-state index in [1.807, 2.05) is 6.07 Å². The van der Waals surface area contributed by atoms with Crippen LogP contribution in [0.3, 0.4) is 0 Å². The van der Waals surface area contributed by atoms with Crippen molar-refractivity contribution in [2.45, 2.75) is 82.4 Å². The van der Waals surface area contributed by atoms with Crippen LogP contribution in [0.1, 0.15) is 40.0 Å². The van der Waals surface area contributed by atoms with Crippen molar-refractivity contribution in [3.05, 3.63) is 30.3 Å². The molecule has 10 heteroatoms. The van der Waals surface area contributed by atoms with E-state index in [0.29, 0.717) is 11.9 Å². The van der Waals surface area contributed by atoms with Crippen LogP contribution in [0.15, 0.2) is 30.3 Å². The number of ether oxygens (including phenoxy) is 6. The van der Waals surface area contributed by atoms with E-state index in [1.165, 1.54) is 14.0 Å². The molecule has 3 aliphatic rings. The SMILES string of the molecule is COP(=O)(c1ccccc1)[C@H](COC1CCCCO1)[C@H]1O[C@@H]2OC(C)(C)O[C@@H]2[C@H]1OC(C)=O. The Bertz CT molecular complexity index is 855. The van der Waals surface area contributed by atoms with Gasteiger partial charge in [0, 0.05) is 25.9 Å². The smallest absolute Gasteiger partial charge is 0.303 e. The Kier molecular flexibility index (Phi) is 7.60. The molecule has 0 N–H and O–H groups in total. The van der Waals surface area contributed by atoms with E-state index in [9.17, 15) is 9.36 Å². The lowest BCUT2D eigenvalue weighted by Crippen LogP contribution is -2.46. The Morgan fingerprint density at radius 2 is 1.97 bits per heavy atom. The van der Waals surface area contributed by atoms with Crippen molar-refractivity contribution >= 4 is 18.6 Å². The van der Waals surface area contributed by atoms with Gasteiger partial charge in [0.1, 0.15) is 6.10 Å². The molecule has 184 valence electrons. The Morgan fingerprint density at radius 1 is 1.21 bits per heavy atom. The number of hydrogen-bond acceptors (Lipinski definition) is 9. The van der Waals surface area contributed by atoms with Crippen LogP contribution >= 0.6 is 7.37 Å². The number of rotatable bonds is 8. The monoisotopic (exact) mass is 484 g/mol. The maximum absolute atomic E-state index is 14.4. The molecule has 3 fully saturated rings. The summed E-state index contributed by atoms with van der Waals surface area (Å²) >= 11 is 0. The predicted octanol–water partition coefficient (Wildman–Crippen LogP) is 2.96. The van der Waals surface area contributed by atoms with Crippen molar-refractivity contribution in [3.63, 3.8) is 0 Å². The van der Waals surface area contributed by atoms with Gasteiger partial charge in [0.25, 0.3) is 0 Å². The molecule has 33 heavy (non-hydrogen) atoms. The van der Waals surface area contributed by atoms with Gasteiger partial charge in [-0.15, -0.1) is 0 Å². The number of carbonyl (C=O) groups excluding carboxylic acids is 1. The lowest BCUT2D eigenvalue weighted by atomic mass is 10.1. The summed E-state index contributed by atoms with van der Waals surface area (Å²) < 4.78 is 55.6. The first-order valence-electron chi connectivity index (χ1n) is 11.4. The number of fused-ring (bicyclic) bond motifs is 1. The standard InChI is InChI=1S/C23H33O9P/c1-15(24)29-20-19(30-22-21(20)31-23(2,3)32-22)17(14-28-18-12-8-9-13-27-18)33(25,26-4)16-10-6-5-7-11-16/h5-7,10-11,17-22H,8-9,12-14H2,1-4H3/t17-,18?,19-,20+,21-,22-,33?/m1/s1. The molecule has 0 bridgehead atoms. The van der Waals surface area contributed by atoms with E-state index in [0.717, 1.165) is 19.3 Å². The van der Waals surface area contributed by atoms with Crippen LogP contribution in [-0.2, 0) is 42.3 Å². The van der Waals surface area contributed by atoms with E-state index in [-0.39, 0.29) is 6.61 Å². The number of carbonyl (C=O) groups is 1. The molecule has 7 atom stereocenters. The average molecular weight is 484 g/mol. The van der Waals surface area contributed by atoms with Gasteiger partial charge in [-0.1, -0.05) is 18.2 Å². The first kappa shape index (κ1) is 24.8. The first-order chi connectivity index (χ1) is 15.7. The second-order valence-electron chi connectivity index (χ2n) is 8.96. The molecule has 9 nitrogen and oxygen atoms in total. The van der Waals surface area contributed by atoms with Crippen LogP contribution in [0.4, 0.5) is 0 Å². The quantitative estimate of drug-likeness (QED) is 0.407. The van der Waals surface area contributed by atoms with Crippen molar-refractivity contribution in [1.29, 1.82) is 0 Å². The number of esters is 1. The lowest BCUT2D eigenvalue weighted by molar-refractivity contribution is -0.222. The van der Waals surface area contributed by atoms with Gasteiger partial charge in [-0.3, -0.25) is 9.36 Å². The van der Waals surface area contributed by atoms with Gasteiger partial charge in [0.2, 0.25) is 7.37 Å². The highest BCUT2D eigenvalue weighted by molar-refractivity contribution is 7.67. The van der Waals surface area contributed by atoms with Gasteiger partial charge in [-0.2, -0.15) is 0 Å². The molecule has 0 spiro atoms. The highest BCUT2D eigenvalue weighted by atomic mass is 31.2. The fourth-order valence-electron chi connectivity index (χ4n) is 4.64. The second kappa shape index (κ2) is 10.1. The Morgan fingerprint density at radius 3 is 2.61 bits per heavy atom. The maximum atomic E-state index is 14.4. The van der Waals surface area contributed by atoms with Gasteiger partial charge < -0.3 is 32.9 Å². The van der Waals surface area contributed by atoms with Gasteiger partial charge in [0.05, 0.1) is 12.3 Å². The minimum atomic E-state index is -3.54. The largest absolute Gasteiger partial charge is 0.457 e. The second-order valence-corrected chi connectivity index (χ2v) is 11.7. The van der Waals surface area contributed by atoms with Crippen molar-refractivity contribution in [3.8, 4) is 0 Å². The van der Waals surface area contributed by atoms with E-state index in [4.69, 9.17) is 32.9 Å². The van der Waals surface area contributed by atoms with Crippen LogP contribution in [0, 0.1) is 0 Å². The molecule has 1 aromatic rings. The Hall–Kier alpha value is -1.32. The highest BCUT2D eigenvalue weighted by Crippen LogP contribution is 2.55. The van der Waals surface area contributed by atoms with E-state index in [2.05, 4.69) is 0 Å². The summed E-state index contributed by atoms with van der Waals surface area (Å²) in [4.78, 5) is 12.0.